The molecule has 0 aliphatic carbocycles. The molecule has 0 spiro atoms. The van der Waals surface area contributed by atoms with Crippen LogP contribution in [0, 0.1) is 0 Å². The van der Waals surface area contributed by atoms with Crippen molar-refractivity contribution in [2.24, 2.45) is 0 Å². The number of nitrogens with one attached hydrogen (secondary N) is 1. The number of anilines is 1. The zero-order valence-corrected chi connectivity index (χ0v) is 14.5. The third kappa shape index (κ3) is 4.99. The van der Waals surface area contributed by atoms with Crippen molar-refractivity contribution in [2.75, 3.05) is 12.4 Å². The maximum absolute atomic E-state index is 12.0. The van der Waals surface area contributed by atoms with E-state index in [2.05, 4.69) is 15.5 Å². The number of carbonyl (C=O) groups is 1. The van der Waals surface area contributed by atoms with Crippen LogP contribution in [-0.2, 0) is 11.2 Å². The lowest BCUT2D eigenvalue weighted by Gasteiger charge is -2.00. The first kappa shape index (κ1) is 16.9. The van der Waals surface area contributed by atoms with Crippen LogP contribution in [0.25, 0.3) is 12.2 Å². The third-order valence-electron chi connectivity index (χ3n) is 3.43. The molecule has 0 bridgehead atoms. The minimum absolute atomic E-state index is 0.104. The monoisotopic (exact) mass is 351 g/mol. The van der Waals surface area contributed by atoms with E-state index in [1.807, 2.05) is 66.7 Å². The molecule has 6 heteroatoms. The normalized spacial score (nSPS) is 10.8. The summed E-state index contributed by atoms with van der Waals surface area (Å²) in [6.45, 7) is 0. The second kappa shape index (κ2) is 8.21. The van der Waals surface area contributed by atoms with Gasteiger partial charge in [-0.3, -0.25) is 4.79 Å². The molecular formula is C19H17N3O2S. The highest BCUT2D eigenvalue weighted by Crippen LogP contribution is 2.19. The molecule has 5 nitrogen and oxygen atoms in total. The van der Waals surface area contributed by atoms with Gasteiger partial charge in [0, 0.05) is 0 Å². The number of aromatic nitrogens is 2. The van der Waals surface area contributed by atoms with E-state index in [-0.39, 0.29) is 5.91 Å². The van der Waals surface area contributed by atoms with Crippen molar-refractivity contribution in [3.8, 4) is 5.75 Å². The molecule has 1 aromatic heterocycles. The van der Waals surface area contributed by atoms with E-state index in [4.69, 9.17) is 4.74 Å². The molecule has 25 heavy (non-hydrogen) atoms. The highest BCUT2D eigenvalue weighted by Gasteiger charge is 2.07. The zero-order chi connectivity index (χ0) is 17.5. The van der Waals surface area contributed by atoms with Crippen molar-refractivity contribution in [1.29, 1.82) is 0 Å². The van der Waals surface area contributed by atoms with Crippen LogP contribution in [0.4, 0.5) is 5.13 Å². The van der Waals surface area contributed by atoms with Crippen molar-refractivity contribution in [3.63, 3.8) is 0 Å². The van der Waals surface area contributed by atoms with E-state index in [1.54, 1.807) is 7.11 Å². The molecular weight excluding hydrogens is 334 g/mol. The number of rotatable bonds is 6. The van der Waals surface area contributed by atoms with Crippen LogP contribution in [0.3, 0.4) is 0 Å². The number of methoxy groups -OCH3 is 1. The number of benzene rings is 2. The van der Waals surface area contributed by atoms with Crippen LogP contribution in [0.1, 0.15) is 16.1 Å². The maximum atomic E-state index is 12.0. The molecule has 2 aromatic carbocycles. The van der Waals surface area contributed by atoms with E-state index >= 15 is 0 Å². The number of amides is 1. The Morgan fingerprint density at radius 3 is 2.56 bits per heavy atom. The average Bonchev–Trinajstić information content (AvgIpc) is 3.08. The molecule has 1 N–H and O–H groups in total. The predicted molar refractivity (Wildman–Crippen MR) is 101 cm³/mol. The van der Waals surface area contributed by atoms with Crippen molar-refractivity contribution >= 4 is 34.5 Å². The number of carbonyl (C=O) groups excluding carboxylic acids is 1. The van der Waals surface area contributed by atoms with Gasteiger partial charge in [-0.1, -0.05) is 59.9 Å². The van der Waals surface area contributed by atoms with Crippen LogP contribution in [0.15, 0.2) is 54.6 Å². The van der Waals surface area contributed by atoms with Gasteiger partial charge in [0.1, 0.15) is 10.8 Å². The molecule has 126 valence electrons. The van der Waals surface area contributed by atoms with Gasteiger partial charge < -0.3 is 10.1 Å². The minimum atomic E-state index is -0.104. The summed E-state index contributed by atoms with van der Waals surface area (Å²) in [5, 5.41) is 12.1. The summed E-state index contributed by atoms with van der Waals surface area (Å²) in [6.07, 6.45) is 4.12. The Labute approximate surface area is 150 Å². The Hall–Kier alpha value is -2.99. The quantitative estimate of drug-likeness (QED) is 0.731. The fourth-order valence-electron chi connectivity index (χ4n) is 2.18. The van der Waals surface area contributed by atoms with Crippen LogP contribution < -0.4 is 10.1 Å². The number of ether oxygens (including phenoxy) is 1. The standard InChI is InChI=1S/C19H17N3O2S/c1-24-16-10-7-14(8-11-16)9-12-18-21-22-19(25-18)20-17(23)13-15-5-3-2-4-6-15/h2-12H,13H2,1H3,(H,20,22,23)/b12-9+. The predicted octanol–water partition coefficient (Wildman–Crippen LogP) is 3.90. The third-order valence-corrected chi connectivity index (χ3v) is 4.23. The first-order valence-corrected chi connectivity index (χ1v) is 8.54. The van der Waals surface area contributed by atoms with Crippen LogP contribution in [0.5, 0.6) is 5.75 Å². The van der Waals surface area contributed by atoms with E-state index in [9.17, 15) is 4.79 Å². The molecule has 0 saturated carbocycles. The molecule has 0 aliphatic rings. The first-order chi connectivity index (χ1) is 12.2. The maximum Gasteiger partial charge on any atom is 0.230 e. The highest BCUT2D eigenvalue weighted by atomic mass is 32.1. The average molecular weight is 351 g/mol. The van der Waals surface area contributed by atoms with Crippen molar-refractivity contribution in [2.45, 2.75) is 6.42 Å². The molecule has 0 fully saturated rings. The fourth-order valence-corrected chi connectivity index (χ4v) is 2.84. The van der Waals surface area contributed by atoms with Crippen molar-refractivity contribution in [3.05, 3.63) is 70.7 Å². The molecule has 0 atom stereocenters. The van der Waals surface area contributed by atoms with Gasteiger partial charge in [-0.2, -0.15) is 0 Å². The Kier molecular flexibility index (Phi) is 5.53. The summed E-state index contributed by atoms with van der Waals surface area (Å²) in [4.78, 5) is 12.0. The number of hydrogen-bond donors (Lipinski definition) is 1. The van der Waals surface area contributed by atoms with E-state index in [0.29, 0.717) is 11.6 Å². The van der Waals surface area contributed by atoms with Crippen molar-refractivity contribution < 1.29 is 9.53 Å². The summed E-state index contributed by atoms with van der Waals surface area (Å²) < 4.78 is 5.13. The summed E-state index contributed by atoms with van der Waals surface area (Å²) in [6, 6.07) is 17.3. The van der Waals surface area contributed by atoms with E-state index in [1.165, 1.54) is 11.3 Å². The van der Waals surface area contributed by atoms with Crippen LogP contribution >= 0.6 is 11.3 Å². The molecule has 3 rings (SSSR count). The first-order valence-electron chi connectivity index (χ1n) is 7.72. The summed E-state index contributed by atoms with van der Waals surface area (Å²) in [7, 11) is 1.64. The summed E-state index contributed by atoms with van der Waals surface area (Å²) >= 11 is 1.33. The van der Waals surface area contributed by atoms with Crippen LogP contribution in [-0.4, -0.2) is 23.2 Å². The molecule has 1 amide bonds. The van der Waals surface area contributed by atoms with Gasteiger partial charge in [-0.25, -0.2) is 0 Å². The van der Waals surface area contributed by atoms with Gasteiger partial charge in [-0.15, -0.1) is 10.2 Å². The second-order valence-electron chi connectivity index (χ2n) is 5.26. The van der Waals surface area contributed by atoms with Gasteiger partial charge in [0.15, 0.2) is 0 Å². The van der Waals surface area contributed by atoms with Gasteiger partial charge in [0.05, 0.1) is 13.5 Å². The Morgan fingerprint density at radius 1 is 1.08 bits per heavy atom. The second-order valence-corrected chi connectivity index (χ2v) is 6.27. The molecule has 0 unspecified atom stereocenters. The van der Waals surface area contributed by atoms with Gasteiger partial charge in [0.25, 0.3) is 0 Å². The lowest BCUT2D eigenvalue weighted by atomic mass is 10.1. The smallest absolute Gasteiger partial charge is 0.230 e. The molecule has 0 radical (unpaired) electrons. The Morgan fingerprint density at radius 2 is 1.84 bits per heavy atom. The summed E-state index contributed by atoms with van der Waals surface area (Å²) in [5.41, 5.74) is 2.00. The van der Waals surface area contributed by atoms with Crippen LogP contribution in [0.2, 0.25) is 0 Å². The van der Waals surface area contributed by atoms with Gasteiger partial charge >= 0.3 is 0 Å². The molecule has 0 aliphatic heterocycles. The van der Waals surface area contributed by atoms with Gasteiger partial charge in [-0.05, 0) is 29.3 Å². The molecule has 1 heterocycles. The lowest BCUT2D eigenvalue weighted by molar-refractivity contribution is -0.115. The SMILES string of the molecule is COc1ccc(/C=C/c2nnc(NC(=O)Cc3ccccc3)s2)cc1. The lowest BCUT2D eigenvalue weighted by Crippen LogP contribution is -2.14. The van der Waals surface area contributed by atoms with Gasteiger partial charge in [0.2, 0.25) is 11.0 Å². The number of hydrogen-bond acceptors (Lipinski definition) is 5. The number of nitrogens with zero attached hydrogens (tertiary/aromatic N) is 2. The topological polar surface area (TPSA) is 64.1 Å². The fraction of sp³-hybridized carbons (Fsp3) is 0.105. The zero-order valence-electron chi connectivity index (χ0n) is 13.7. The molecule has 0 saturated heterocycles. The Balaban J connectivity index is 1.58. The largest absolute Gasteiger partial charge is 0.497 e. The summed E-state index contributed by atoms with van der Waals surface area (Å²) in [5.74, 6) is 0.713. The van der Waals surface area contributed by atoms with E-state index < -0.39 is 0 Å². The Bertz CT molecular complexity index is 858. The molecule has 3 aromatic rings. The minimum Gasteiger partial charge on any atom is -0.497 e. The van der Waals surface area contributed by atoms with Crippen molar-refractivity contribution in [1.82, 2.24) is 10.2 Å². The highest BCUT2D eigenvalue weighted by molar-refractivity contribution is 7.16. The van der Waals surface area contributed by atoms with E-state index in [0.717, 1.165) is 21.9 Å².